The van der Waals surface area contributed by atoms with Gasteiger partial charge in [0.15, 0.2) is 0 Å². The minimum Gasteiger partial charge on any atom is -0.372 e. The van der Waals surface area contributed by atoms with Crippen molar-refractivity contribution in [3.05, 3.63) is 11.6 Å². The highest BCUT2D eigenvalue weighted by Gasteiger charge is 2.59. The molecule has 3 fully saturated rings. The highest BCUT2D eigenvalue weighted by molar-refractivity contribution is 5.25. The molecule has 0 heterocycles. The number of rotatable bonds is 2. The number of allylic oxidation sites excluding steroid dienone is 1. The van der Waals surface area contributed by atoms with Crippen molar-refractivity contribution in [1.29, 1.82) is 5.26 Å². The van der Waals surface area contributed by atoms with Gasteiger partial charge >= 0.3 is 0 Å². The molecule has 0 aromatic heterocycles. The van der Waals surface area contributed by atoms with Gasteiger partial charge < -0.3 is 4.74 Å². The first-order valence-electron chi connectivity index (χ1n) is 11.9. The van der Waals surface area contributed by atoms with Crippen LogP contribution in [-0.2, 0) is 4.74 Å². The molecule has 156 valence electrons. The van der Waals surface area contributed by atoms with Gasteiger partial charge in [-0.05, 0) is 114 Å². The standard InChI is InChI=1S/C26H41NO/c1-17(16-27)21-9-10-22-20-8-7-18-15-19(28-24(2,3)4)11-13-25(18,5)23(20)12-14-26(21,22)6/h7,17,19-23H,8-15H2,1-6H3/t17?,19-,20-,21+,22-,23-,25-,26+/m0/s1. The van der Waals surface area contributed by atoms with Crippen molar-refractivity contribution in [1.82, 2.24) is 0 Å². The Hall–Kier alpha value is -0.810. The van der Waals surface area contributed by atoms with Gasteiger partial charge in [0.25, 0.3) is 0 Å². The summed E-state index contributed by atoms with van der Waals surface area (Å²) in [4.78, 5) is 0. The van der Waals surface area contributed by atoms with Crippen LogP contribution in [0.1, 0.15) is 92.9 Å². The van der Waals surface area contributed by atoms with Crippen LogP contribution in [0.5, 0.6) is 0 Å². The fourth-order valence-electron chi connectivity index (χ4n) is 8.18. The van der Waals surface area contributed by atoms with E-state index >= 15 is 0 Å². The summed E-state index contributed by atoms with van der Waals surface area (Å²) in [6, 6.07) is 2.59. The molecule has 4 rings (SSSR count). The summed E-state index contributed by atoms with van der Waals surface area (Å²) >= 11 is 0. The van der Waals surface area contributed by atoms with Crippen LogP contribution < -0.4 is 0 Å². The smallest absolute Gasteiger partial charge is 0.0656 e. The first kappa shape index (κ1) is 20.5. The van der Waals surface area contributed by atoms with E-state index in [0.717, 1.165) is 24.2 Å². The topological polar surface area (TPSA) is 33.0 Å². The van der Waals surface area contributed by atoms with Crippen LogP contribution in [0.25, 0.3) is 0 Å². The molecule has 0 saturated heterocycles. The molecule has 0 radical (unpaired) electrons. The molecule has 0 amide bonds. The number of hydrogen-bond donors (Lipinski definition) is 0. The maximum absolute atomic E-state index is 9.56. The van der Waals surface area contributed by atoms with E-state index in [1.54, 1.807) is 5.57 Å². The zero-order chi connectivity index (χ0) is 20.3. The van der Waals surface area contributed by atoms with Crippen molar-refractivity contribution in [3.8, 4) is 6.07 Å². The molecule has 4 aliphatic rings. The molecule has 0 aromatic carbocycles. The maximum Gasteiger partial charge on any atom is 0.0656 e. The lowest BCUT2D eigenvalue weighted by Crippen LogP contribution is -2.51. The van der Waals surface area contributed by atoms with Gasteiger partial charge in [-0.25, -0.2) is 0 Å². The van der Waals surface area contributed by atoms with Crippen LogP contribution in [0.15, 0.2) is 11.6 Å². The number of nitriles is 1. The van der Waals surface area contributed by atoms with Gasteiger partial charge in [0.2, 0.25) is 0 Å². The van der Waals surface area contributed by atoms with E-state index in [1.807, 2.05) is 0 Å². The van der Waals surface area contributed by atoms with E-state index in [-0.39, 0.29) is 11.5 Å². The van der Waals surface area contributed by atoms with Crippen LogP contribution in [0.4, 0.5) is 0 Å². The molecule has 28 heavy (non-hydrogen) atoms. The minimum atomic E-state index is -0.0425. The normalized spacial score (nSPS) is 46.6. The van der Waals surface area contributed by atoms with Crippen molar-refractivity contribution in [2.24, 2.45) is 40.4 Å². The van der Waals surface area contributed by atoms with Gasteiger partial charge in [0.1, 0.15) is 0 Å². The Bertz CT molecular complexity index is 682. The molecular weight excluding hydrogens is 342 g/mol. The third kappa shape index (κ3) is 3.17. The SMILES string of the molecule is CC(C#N)[C@H]1CC[C@H]2[C@@H]3CC=C4C[C@@H](OC(C)(C)C)CC[C@]4(C)[C@H]3CC[C@]12C. The third-order valence-corrected chi connectivity index (χ3v) is 9.46. The molecular formula is C26H41NO. The fraction of sp³-hybridized carbons (Fsp3) is 0.885. The lowest BCUT2D eigenvalue weighted by Gasteiger charge is -2.58. The molecule has 8 atom stereocenters. The van der Waals surface area contributed by atoms with Crippen LogP contribution in [-0.4, -0.2) is 11.7 Å². The first-order chi connectivity index (χ1) is 13.1. The lowest BCUT2D eigenvalue weighted by molar-refractivity contribution is -0.0947. The molecule has 4 aliphatic carbocycles. The highest BCUT2D eigenvalue weighted by atomic mass is 16.5. The molecule has 0 spiro atoms. The second-order valence-electron chi connectivity index (χ2n) is 12.0. The lowest BCUT2D eigenvalue weighted by atomic mass is 9.47. The van der Waals surface area contributed by atoms with Gasteiger partial charge in [-0.1, -0.05) is 25.5 Å². The average molecular weight is 384 g/mol. The molecule has 0 N–H and O–H groups in total. The summed E-state index contributed by atoms with van der Waals surface area (Å²) in [5.74, 6) is 3.32. The van der Waals surface area contributed by atoms with Gasteiger partial charge in [0, 0.05) is 5.92 Å². The maximum atomic E-state index is 9.56. The monoisotopic (exact) mass is 383 g/mol. The second-order valence-corrected chi connectivity index (χ2v) is 12.0. The molecule has 3 saturated carbocycles. The fourth-order valence-corrected chi connectivity index (χ4v) is 8.18. The summed E-state index contributed by atoms with van der Waals surface area (Å²) in [7, 11) is 0. The Morgan fingerprint density at radius 3 is 2.54 bits per heavy atom. The third-order valence-electron chi connectivity index (χ3n) is 9.46. The Morgan fingerprint density at radius 1 is 1.11 bits per heavy atom. The summed E-state index contributed by atoms with van der Waals surface area (Å²) in [5.41, 5.74) is 2.45. The van der Waals surface area contributed by atoms with Crippen LogP contribution in [0.2, 0.25) is 0 Å². The van der Waals surface area contributed by atoms with E-state index in [4.69, 9.17) is 4.74 Å². The van der Waals surface area contributed by atoms with E-state index in [0.29, 0.717) is 22.9 Å². The van der Waals surface area contributed by atoms with Crippen molar-refractivity contribution < 1.29 is 4.74 Å². The summed E-state index contributed by atoms with van der Waals surface area (Å²) in [6.07, 6.45) is 13.3. The second kappa shape index (κ2) is 6.87. The van der Waals surface area contributed by atoms with Gasteiger partial charge in [-0.2, -0.15) is 5.26 Å². The Kier molecular flexibility index (Phi) is 5.02. The van der Waals surface area contributed by atoms with Crippen molar-refractivity contribution >= 4 is 0 Å². The van der Waals surface area contributed by atoms with Crippen LogP contribution >= 0.6 is 0 Å². The van der Waals surface area contributed by atoms with Gasteiger partial charge in [-0.15, -0.1) is 0 Å². The Labute approximate surface area is 173 Å². The van der Waals surface area contributed by atoms with Gasteiger partial charge in [0.05, 0.1) is 17.8 Å². The average Bonchev–Trinajstić information content (AvgIpc) is 2.97. The molecule has 0 aromatic rings. The molecule has 0 bridgehead atoms. The van der Waals surface area contributed by atoms with Crippen LogP contribution in [0, 0.1) is 51.8 Å². The zero-order valence-electron chi connectivity index (χ0n) is 19.1. The largest absolute Gasteiger partial charge is 0.372 e. The number of nitrogens with zero attached hydrogens (tertiary/aromatic N) is 1. The van der Waals surface area contributed by atoms with Crippen molar-refractivity contribution in [2.45, 2.75) is 105 Å². The molecule has 2 heteroatoms. The van der Waals surface area contributed by atoms with Gasteiger partial charge in [-0.3, -0.25) is 0 Å². The Balaban J connectivity index is 1.56. The summed E-state index contributed by atoms with van der Waals surface area (Å²) in [5, 5.41) is 9.56. The predicted octanol–water partition coefficient (Wildman–Crippen LogP) is 6.91. The zero-order valence-corrected chi connectivity index (χ0v) is 19.1. The summed E-state index contributed by atoms with van der Waals surface area (Å²) in [6.45, 7) is 13.8. The minimum absolute atomic E-state index is 0.0425. The van der Waals surface area contributed by atoms with E-state index < -0.39 is 0 Å². The highest BCUT2D eigenvalue weighted by Crippen LogP contribution is 2.67. The summed E-state index contributed by atoms with van der Waals surface area (Å²) < 4.78 is 6.38. The molecule has 1 unspecified atom stereocenters. The van der Waals surface area contributed by atoms with E-state index in [2.05, 4.69) is 53.7 Å². The predicted molar refractivity (Wildman–Crippen MR) is 115 cm³/mol. The number of ether oxygens (including phenoxy) is 1. The Morgan fingerprint density at radius 2 is 1.86 bits per heavy atom. The van der Waals surface area contributed by atoms with Crippen LogP contribution in [0.3, 0.4) is 0 Å². The van der Waals surface area contributed by atoms with E-state index in [9.17, 15) is 5.26 Å². The quantitative estimate of drug-likeness (QED) is 0.485. The molecule has 0 aliphatic heterocycles. The number of fused-ring (bicyclic) bond motifs is 5. The first-order valence-corrected chi connectivity index (χ1v) is 11.9. The van der Waals surface area contributed by atoms with Crippen molar-refractivity contribution in [3.63, 3.8) is 0 Å². The van der Waals surface area contributed by atoms with E-state index in [1.165, 1.54) is 44.9 Å². The number of hydrogen-bond acceptors (Lipinski definition) is 2. The van der Waals surface area contributed by atoms with Crippen molar-refractivity contribution in [2.75, 3.05) is 0 Å². The molecule has 2 nitrogen and oxygen atoms in total.